The zero-order valence-corrected chi connectivity index (χ0v) is 30.6. The van der Waals surface area contributed by atoms with Crippen LogP contribution in [-0.4, -0.2) is 64.2 Å². The highest BCUT2D eigenvalue weighted by atomic mass is 35.5. The number of hydrogen-bond donors (Lipinski definition) is 1. The maximum atomic E-state index is 15.1. The fourth-order valence-corrected chi connectivity index (χ4v) is 10.6. The van der Waals surface area contributed by atoms with Crippen LogP contribution in [0.3, 0.4) is 0 Å². The van der Waals surface area contributed by atoms with E-state index in [0.717, 1.165) is 26.1 Å². The number of anilines is 1. The van der Waals surface area contributed by atoms with Crippen LogP contribution in [-0.2, 0) is 26.2 Å². The Hall–Kier alpha value is -4.68. The number of methoxy groups -OCH3 is 2. The lowest BCUT2D eigenvalue weighted by molar-refractivity contribution is -0.140. The van der Waals surface area contributed by atoms with Crippen LogP contribution in [0.5, 0.6) is 17.2 Å². The van der Waals surface area contributed by atoms with Crippen molar-refractivity contribution >= 4 is 62.5 Å². The number of fused-ring (bicyclic) bond motifs is 5. The van der Waals surface area contributed by atoms with E-state index in [1.807, 2.05) is 31.2 Å². The van der Waals surface area contributed by atoms with Crippen molar-refractivity contribution in [1.29, 1.82) is 0 Å². The SMILES string of the molecule is CCN1C(=O)C2CC=C3C(CC4C(=O)N(c5cc(-c6sc7ccc(Cl)cc7c6C)nn5C)C(=O)C4(C)C3c3c(O)cc(OC)cc3OC)C2C1=O. The molecule has 264 valence electrons. The first-order valence-corrected chi connectivity index (χ1v) is 18.2. The van der Waals surface area contributed by atoms with Crippen LogP contribution in [0.25, 0.3) is 20.7 Å². The second-order valence-corrected chi connectivity index (χ2v) is 15.5. The summed E-state index contributed by atoms with van der Waals surface area (Å²) in [4.78, 5) is 60.6. The summed E-state index contributed by atoms with van der Waals surface area (Å²) in [7, 11) is 4.65. The Labute approximate surface area is 303 Å². The lowest BCUT2D eigenvalue weighted by atomic mass is 9.51. The van der Waals surface area contributed by atoms with Crippen molar-refractivity contribution in [2.24, 2.45) is 36.1 Å². The number of aryl methyl sites for hydroxylation is 2. The Morgan fingerprint density at radius 2 is 1.80 bits per heavy atom. The molecule has 0 spiro atoms. The van der Waals surface area contributed by atoms with Gasteiger partial charge in [0.15, 0.2) is 0 Å². The molecule has 2 aliphatic heterocycles. The molecule has 2 aromatic heterocycles. The third kappa shape index (κ3) is 4.51. The maximum absolute atomic E-state index is 15.1. The number of phenolic OH excluding ortho intramolecular Hbond substituents is 1. The van der Waals surface area contributed by atoms with Gasteiger partial charge in [0.05, 0.1) is 42.3 Å². The number of allylic oxidation sites excluding steroid dienone is 2. The second-order valence-electron chi connectivity index (χ2n) is 14.1. The topological polar surface area (TPSA) is 131 Å². The molecular weight excluding hydrogens is 692 g/mol. The number of benzene rings is 2. The van der Waals surface area contributed by atoms with E-state index >= 15 is 4.79 Å². The number of ether oxygens (including phenoxy) is 2. The minimum atomic E-state index is -1.39. The molecule has 4 amide bonds. The standard InChI is InChI=1S/C38H37ClN4O7S/c1-7-42-34(45)21-10-9-20-23(30(21)36(42)47)15-24-35(46)43(37(48)38(24,3)32(20)31-26(44)13-19(49-5)14-27(31)50-6)29-16-25(40-41(29)4)33-17(2)22-12-18(39)8-11-28(22)51-33/h8-9,11-14,16,21,23-24,30,32,44H,7,10,15H2,1-6H3. The third-order valence-corrected chi connectivity index (χ3v) is 13.3. The largest absolute Gasteiger partial charge is 0.507 e. The number of hydrogen-bond acceptors (Lipinski definition) is 9. The number of aromatic nitrogens is 2. The molecule has 2 saturated heterocycles. The van der Waals surface area contributed by atoms with Gasteiger partial charge in [0.2, 0.25) is 23.6 Å². The highest BCUT2D eigenvalue weighted by Crippen LogP contribution is 2.65. The zero-order valence-electron chi connectivity index (χ0n) is 29.0. The molecule has 4 aromatic rings. The summed E-state index contributed by atoms with van der Waals surface area (Å²) < 4.78 is 13.8. The molecule has 3 fully saturated rings. The lowest BCUT2D eigenvalue weighted by Crippen LogP contribution is -2.49. The van der Waals surface area contributed by atoms with Crippen molar-refractivity contribution in [2.75, 3.05) is 25.7 Å². The molecule has 0 bridgehead atoms. The van der Waals surface area contributed by atoms with Crippen LogP contribution in [0.15, 0.2) is 48.0 Å². The number of likely N-dealkylation sites (tertiary alicyclic amines) is 1. The van der Waals surface area contributed by atoms with Crippen LogP contribution < -0.4 is 14.4 Å². The summed E-state index contributed by atoms with van der Waals surface area (Å²) in [5.74, 6) is -4.03. The van der Waals surface area contributed by atoms with E-state index in [1.54, 1.807) is 49.0 Å². The van der Waals surface area contributed by atoms with Crippen LogP contribution in [0, 0.1) is 36.0 Å². The lowest BCUT2D eigenvalue weighted by Gasteiger charge is -2.49. The molecule has 8 rings (SSSR count). The molecule has 51 heavy (non-hydrogen) atoms. The summed E-state index contributed by atoms with van der Waals surface area (Å²) in [5.41, 5.74) is 1.30. The number of rotatable bonds is 6. The average molecular weight is 729 g/mol. The molecule has 11 nitrogen and oxygen atoms in total. The van der Waals surface area contributed by atoms with Gasteiger partial charge in [0.1, 0.15) is 28.8 Å². The highest BCUT2D eigenvalue weighted by Gasteiger charge is 2.68. The number of halogens is 1. The minimum absolute atomic E-state index is 0.161. The molecular formula is C38H37ClN4O7S. The monoisotopic (exact) mass is 728 g/mol. The van der Waals surface area contributed by atoms with Gasteiger partial charge in [-0.3, -0.25) is 28.8 Å². The third-order valence-electron chi connectivity index (χ3n) is 11.7. The van der Waals surface area contributed by atoms with E-state index in [4.69, 9.17) is 26.2 Å². The van der Waals surface area contributed by atoms with E-state index in [2.05, 4.69) is 0 Å². The van der Waals surface area contributed by atoms with Crippen molar-refractivity contribution < 1.29 is 33.8 Å². The quantitative estimate of drug-likeness (QED) is 0.183. The molecule has 0 radical (unpaired) electrons. The fourth-order valence-electron chi connectivity index (χ4n) is 9.30. The smallest absolute Gasteiger partial charge is 0.242 e. The van der Waals surface area contributed by atoms with Gasteiger partial charge >= 0.3 is 0 Å². The molecule has 1 saturated carbocycles. The first-order chi connectivity index (χ1) is 24.3. The van der Waals surface area contributed by atoms with Gasteiger partial charge < -0.3 is 14.6 Å². The molecule has 6 atom stereocenters. The number of imide groups is 2. The van der Waals surface area contributed by atoms with Crippen LogP contribution in [0.1, 0.15) is 43.7 Å². The summed E-state index contributed by atoms with van der Waals surface area (Å²) in [6.07, 6.45) is 2.45. The fraction of sp³-hybridized carbons (Fsp3) is 0.395. The van der Waals surface area contributed by atoms with E-state index in [0.29, 0.717) is 34.3 Å². The number of aromatic hydroxyl groups is 1. The van der Waals surface area contributed by atoms with E-state index in [9.17, 15) is 19.5 Å². The summed E-state index contributed by atoms with van der Waals surface area (Å²) in [6.45, 7) is 5.80. The normalized spacial score (nSPS) is 27.2. The Morgan fingerprint density at radius 1 is 1.04 bits per heavy atom. The number of amides is 4. The van der Waals surface area contributed by atoms with Crippen molar-refractivity contribution in [3.63, 3.8) is 0 Å². The predicted molar refractivity (Wildman–Crippen MR) is 192 cm³/mol. The van der Waals surface area contributed by atoms with Crippen LogP contribution in [0.2, 0.25) is 5.02 Å². The van der Waals surface area contributed by atoms with Gasteiger partial charge in [-0.25, -0.2) is 4.90 Å². The first kappa shape index (κ1) is 33.5. The summed E-state index contributed by atoms with van der Waals surface area (Å²) in [6, 6.07) is 10.6. The minimum Gasteiger partial charge on any atom is -0.507 e. The number of nitrogens with zero attached hydrogens (tertiary/aromatic N) is 4. The molecule has 2 aliphatic carbocycles. The average Bonchev–Trinajstić information content (AvgIpc) is 3.78. The molecule has 4 heterocycles. The Bertz CT molecular complexity index is 2240. The van der Waals surface area contributed by atoms with Crippen molar-refractivity contribution in [3.8, 4) is 27.8 Å². The molecule has 6 unspecified atom stereocenters. The molecule has 1 N–H and O–H groups in total. The number of phenols is 1. The summed E-state index contributed by atoms with van der Waals surface area (Å²) >= 11 is 7.86. The van der Waals surface area contributed by atoms with Gasteiger partial charge in [-0.05, 0) is 68.7 Å². The van der Waals surface area contributed by atoms with Gasteiger partial charge in [-0.1, -0.05) is 23.3 Å². The van der Waals surface area contributed by atoms with E-state index < -0.39 is 46.8 Å². The summed E-state index contributed by atoms with van der Waals surface area (Å²) in [5, 5.41) is 18.1. The second kappa shape index (κ2) is 11.7. The Balaban J connectivity index is 1.29. The van der Waals surface area contributed by atoms with Gasteiger partial charge in [0.25, 0.3) is 0 Å². The number of carbonyl (C=O) groups is 4. The number of thiophene rings is 1. The van der Waals surface area contributed by atoms with Crippen molar-refractivity contribution in [2.45, 2.75) is 39.5 Å². The molecule has 13 heteroatoms. The Morgan fingerprint density at radius 3 is 2.51 bits per heavy atom. The van der Waals surface area contributed by atoms with E-state index in [-0.39, 0.29) is 36.3 Å². The first-order valence-electron chi connectivity index (χ1n) is 17.0. The van der Waals surface area contributed by atoms with E-state index in [1.165, 1.54) is 30.1 Å². The zero-order chi connectivity index (χ0) is 36.3. The Kier molecular flexibility index (Phi) is 7.66. The van der Waals surface area contributed by atoms with Gasteiger partial charge in [0, 0.05) is 53.0 Å². The number of carbonyl (C=O) groups excluding carboxylic acids is 4. The van der Waals surface area contributed by atoms with Crippen molar-refractivity contribution in [1.82, 2.24) is 14.7 Å². The van der Waals surface area contributed by atoms with Gasteiger partial charge in [-0.15, -0.1) is 11.3 Å². The molecule has 2 aromatic carbocycles. The van der Waals surface area contributed by atoms with Crippen LogP contribution in [0.4, 0.5) is 5.82 Å². The van der Waals surface area contributed by atoms with Crippen LogP contribution >= 0.6 is 22.9 Å². The van der Waals surface area contributed by atoms with Gasteiger partial charge in [-0.2, -0.15) is 5.10 Å². The predicted octanol–water partition coefficient (Wildman–Crippen LogP) is 6.24. The maximum Gasteiger partial charge on any atom is 0.242 e. The van der Waals surface area contributed by atoms with Crippen molar-refractivity contribution in [3.05, 3.63) is 64.2 Å². The highest BCUT2D eigenvalue weighted by molar-refractivity contribution is 7.22. The molecule has 4 aliphatic rings.